The third kappa shape index (κ3) is 5.24. The van der Waals surface area contributed by atoms with Crippen molar-refractivity contribution in [2.75, 3.05) is 7.11 Å². The van der Waals surface area contributed by atoms with Crippen molar-refractivity contribution in [3.8, 4) is 5.75 Å². The number of hydrazone groups is 1. The molecule has 0 bridgehead atoms. The van der Waals surface area contributed by atoms with Crippen molar-refractivity contribution >= 4 is 23.5 Å². The average molecular weight is 299 g/mol. The van der Waals surface area contributed by atoms with Gasteiger partial charge in [-0.3, -0.25) is 5.43 Å². The fourth-order valence-corrected chi connectivity index (χ4v) is 1.80. The monoisotopic (exact) mass is 299 g/mol. The third-order valence-corrected chi connectivity index (χ3v) is 3.03. The van der Waals surface area contributed by atoms with Crippen LogP contribution < -0.4 is 15.5 Å². The lowest BCUT2D eigenvalue weighted by atomic mass is 10.2. The fourth-order valence-electron chi connectivity index (χ4n) is 1.67. The van der Waals surface area contributed by atoms with Gasteiger partial charge in [0.05, 0.1) is 13.3 Å². The number of hydrogen-bond donors (Lipinski definition) is 2. The molecule has 2 aromatic carbocycles. The Balaban J connectivity index is 1.76. The molecule has 2 aromatic rings. The third-order valence-electron chi connectivity index (χ3n) is 2.79. The summed E-state index contributed by atoms with van der Waals surface area (Å²) in [6.45, 7) is 0.671. The first-order valence-electron chi connectivity index (χ1n) is 6.53. The molecule has 0 fully saturated rings. The molecule has 0 radical (unpaired) electrons. The molecule has 0 saturated carbocycles. The molecule has 0 spiro atoms. The maximum atomic E-state index is 5.15. The topological polar surface area (TPSA) is 45.6 Å². The zero-order valence-electron chi connectivity index (χ0n) is 11.7. The van der Waals surface area contributed by atoms with Crippen LogP contribution in [0.3, 0.4) is 0 Å². The molecule has 4 nitrogen and oxygen atoms in total. The highest BCUT2D eigenvalue weighted by Crippen LogP contribution is 2.09. The van der Waals surface area contributed by atoms with Gasteiger partial charge in [0.15, 0.2) is 5.11 Å². The van der Waals surface area contributed by atoms with Gasteiger partial charge in [-0.1, -0.05) is 30.3 Å². The Hall–Kier alpha value is -2.40. The Labute approximate surface area is 129 Å². The number of nitrogens with zero attached hydrogens (tertiary/aromatic N) is 1. The maximum Gasteiger partial charge on any atom is 0.187 e. The molecule has 5 heteroatoms. The predicted molar refractivity (Wildman–Crippen MR) is 89.6 cm³/mol. The summed E-state index contributed by atoms with van der Waals surface area (Å²) in [4.78, 5) is 0. The van der Waals surface area contributed by atoms with E-state index in [9.17, 15) is 0 Å². The van der Waals surface area contributed by atoms with E-state index in [2.05, 4.69) is 15.8 Å². The molecule has 0 aliphatic rings. The lowest BCUT2D eigenvalue weighted by Crippen LogP contribution is -2.31. The normalized spacial score (nSPS) is 10.3. The standard InChI is InChI=1S/C16H17N3OS/c1-20-15-9-7-14(8-10-15)12-18-19-16(21)17-11-13-5-3-2-4-6-13/h2-10,12H,11H2,1H3,(H2,17,19,21)/b18-12+. The first-order valence-corrected chi connectivity index (χ1v) is 6.93. The number of nitrogens with one attached hydrogen (secondary N) is 2. The minimum absolute atomic E-state index is 0.489. The molecule has 108 valence electrons. The molecule has 0 atom stereocenters. The first-order chi connectivity index (χ1) is 10.3. The van der Waals surface area contributed by atoms with Crippen LogP contribution in [0.15, 0.2) is 59.7 Å². The van der Waals surface area contributed by atoms with Gasteiger partial charge in [-0.05, 0) is 47.6 Å². The van der Waals surface area contributed by atoms with Gasteiger partial charge in [0, 0.05) is 6.54 Å². The number of thiocarbonyl (C=S) groups is 1. The molecule has 0 amide bonds. The number of methoxy groups -OCH3 is 1. The second kappa shape index (κ2) is 8.01. The minimum atomic E-state index is 0.489. The van der Waals surface area contributed by atoms with Crippen molar-refractivity contribution in [1.29, 1.82) is 0 Å². The molecule has 0 saturated heterocycles. The summed E-state index contributed by atoms with van der Waals surface area (Å²) in [7, 11) is 1.64. The van der Waals surface area contributed by atoms with Crippen LogP contribution in [0.25, 0.3) is 0 Å². The molecule has 2 rings (SSSR count). The average Bonchev–Trinajstić information content (AvgIpc) is 2.54. The summed E-state index contributed by atoms with van der Waals surface area (Å²) < 4.78 is 5.09. The van der Waals surface area contributed by atoms with Crippen LogP contribution in [0.5, 0.6) is 5.75 Å². The van der Waals surface area contributed by atoms with E-state index in [-0.39, 0.29) is 0 Å². The van der Waals surface area contributed by atoms with Crippen LogP contribution in [0.2, 0.25) is 0 Å². The van der Waals surface area contributed by atoms with Crippen molar-refractivity contribution in [1.82, 2.24) is 10.7 Å². The summed E-state index contributed by atoms with van der Waals surface area (Å²) >= 11 is 5.15. The molecule has 0 heterocycles. The van der Waals surface area contributed by atoms with Gasteiger partial charge in [0.1, 0.15) is 5.75 Å². The summed E-state index contributed by atoms with van der Waals surface area (Å²) in [5.74, 6) is 0.820. The molecule has 21 heavy (non-hydrogen) atoms. The van der Waals surface area contributed by atoms with Crippen LogP contribution in [-0.4, -0.2) is 18.4 Å². The quantitative estimate of drug-likeness (QED) is 0.506. The van der Waals surface area contributed by atoms with E-state index in [1.54, 1.807) is 13.3 Å². The maximum absolute atomic E-state index is 5.15. The smallest absolute Gasteiger partial charge is 0.187 e. The van der Waals surface area contributed by atoms with Crippen LogP contribution in [0.4, 0.5) is 0 Å². The number of ether oxygens (including phenoxy) is 1. The Bertz CT molecular complexity index is 597. The lowest BCUT2D eigenvalue weighted by molar-refractivity contribution is 0.415. The van der Waals surface area contributed by atoms with Gasteiger partial charge in [-0.2, -0.15) is 5.10 Å². The molecule has 0 aliphatic carbocycles. The highest BCUT2D eigenvalue weighted by molar-refractivity contribution is 7.80. The second-order valence-corrected chi connectivity index (χ2v) is 4.72. The summed E-state index contributed by atoms with van der Waals surface area (Å²) in [6.07, 6.45) is 1.70. The van der Waals surface area contributed by atoms with Crippen LogP contribution in [0, 0.1) is 0 Å². The SMILES string of the molecule is COc1ccc(/C=N/NC(=S)NCc2ccccc2)cc1. The zero-order chi connectivity index (χ0) is 14.9. The summed E-state index contributed by atoms with van der Waals surface area (Å²) in [6, 6.07) is 17.7. The number of benzene rings is 2. The van der Waals surface area contributed by atoms with Crippen molar-refractivity contribution in [2.24, 2.45) is 5.10 Å². The molecular weight excluding hydrogens is 282 g/mol. The van der Waals surface area contributed by atoms with Crippen molar-refractivity contribution in [3.63, 3.8) is 0 Å². The Morgan fingerprint density at radius 1 is 1.14 bits per heavy atom. The molecule has 0 aromatic heterocycles. The van der Waals surface area contributed by atoms with Gasteiger partial charge >= 0.3 is 0 Å². The first kappa shape index (κ1) is 15.0. The zero-order valence-corrected chi connectivity index (χ0v) is 12.6. The highest BCUT2D eigenvalue weighted by Gasteiger charge is 1.94. The molecule has 0 unspecified atom stereocenters. The molecule has 2 N–H and O–H groups in total. The van der Waals surface area contributed by atoms with Crippen molar-refractivity contribution in [3.05, 3.63) is 65.7 Å². The second-order valence-electron chi connectivity index (χ2n) is 4.31. The largest absolute Gasteiger partial charge is 0.497 e. The lowest BCUT2D eigenvalue weighted by Gasteiger charge is -2.06. The van der Waals surface area contributed by atoms with Gasteiger partial charge in [-0.15, -0.1) is 0 Å². The summed E-state index contributed by atoms with van der Waals surface area (Å²) in [5.41, 5.74) is 4.92. The highest BCUT2D eigenvalue weighted by atomic mass is 32.1. The molecular formula is C16H17N3OS. The van der Waals surface area contributed by atoms with E-state index in [1.807, 2.05) is 54.6 Å². The number of rotatable bonds is 5. The van der Waals surface area contributed by atoms with E-state index in [0.717, 1.165) is 11.3 Å². The minimum Gasteiger partial charge on any atom is -0.497 e. The van der Waals surface area contributed by atoms with E-state index < -0.39 is 0 Å². The van der Waals surface area contributed by atoms with Gasteiger partial charge in [0.2, 0.25) is 0 Å². The van der Waals surface area contributed by atoms with Gasteiger partial charge in [-0.25, -0.2) is 0 Å². The molecule has 0 aliphatic heterocycles. The van der Waals surface area contributed by atoms with Crippen LogP contribution in [-0.2, 0) is 6.54 Å². The van der Waals surface area contributed by atoms with Gasteiger partial charge < -0.3 is 10.1 Å². The van der Waals surface area contributed by atoms with Crippen molar-refractivity contribution < 1.29 is 4.74 Å². The van der Waals surface area contributed by atoms with E-state index in [1.165, 1.54) is 5.56 Å². The van der Waals surface area contributed by atoms with E-state index in [4.69, 9.17) is 17.0 Å². The Morgan fingerprint density at radius 2 is 1.86 bits per heavy atom. The Morgan fingerprint density at radius 3 is 2.52 bits per heavy atom. The van der Waals surface area contributed by atoms with Crippen LogP contribution in [0.1, 0.15) is 11.1 Å². The summed E-state index contributed by atoms with van der Waals surface area (Å²) in [5, 5.41) is 7.67. The van der Waals surface area contributed by atoms with Gasteiger partial charge in [0.25, 0.3) is 0 Å². The van der Waals surface area contributed by atoms with Crippen molar-refractivity contribution in [2.45, 2.75) is 6.54 Å². The fraction of sp³-hybridized carbons (Fsp3) is 0.125. The van der Waals surface area contributed by atoms with E-state index >= 15 is 0 Å². The van der Waals surface area contributed by atoms with E-state index in [0.29, 0.717) is 11.7 Å². The predicted octanol–water partition coefficient (Wildman–Crippen LogP) is 2.69. The Kier molecular flexibility index (Phi) is 5.72. The van der Waals surface area contributed by atoms with Crippen LogP contribution >= 0.6 is 12.2 Å². The number of hydrogen-bond acceptors (Lipinski definition) is 3.